The standard InChI is InChI=1S/C33H43N3O2/c1-7-35-27-18-13-11-16-25(27)32(3,4)29(35)22-24(34-21-15-9-10-20-31(37)38)23-30-33(5,6)26-17-12-14-19-28(26)36(30)8-2/h11-14,16-19,22-23H,7-10,15,20-21H2,1-6H3,(H,37,38)/p+1. The molecular weight excluding hydrogens is 470 g/mol. The summed E-state index contributed by atoms with van der Waals surface area (Å²) in [6.07, 6.45) is 7.48. The first-order valence-corrected chi connectivity index (χ1v) is 14.1. The van der Waals surface area contributed by atoms with Crippen LogP contribution in [-0.4, -0.2) is 41.0 Å². The van der Waals surface area contributed by atoms with Crippen LogP contribution in [-0.2, 0) is 15.6 Å². The molecule has 5 nitrogen and oxygen atoms in total. The summed E-state index contributed by atoms with van der Waals surface area (Å²) in [5, 5.41) is 12.7. The number of carboxylic acids is 1. The average molecular weight is 515 g/mol. The molecule has 5 heteroatoms. The highest BCUT2D eigenvalue weighted by atomic mass is 16.4. The summed E-state index contributed by atoms with van der Waals surface area (Å²) in [4.78, 5) is 13.3. The first kappa shape index (κ1) is 27.7. The molecule has 0 radical (unpaired) electrons. The quantitative estimate of drug-likeness (QED) is 0.253. The summed E-state index contributed by atoms with van der Waals surface area (Å²) >= 11 is 0. The molecule has 38 heavy (non-hydrogen) atoms. The first-order valence-electron chi connectivity index (χ1n) is 14.1. The van der Waals surface area contributed by atoms with E-state index in [4.69, 9.17) is 5.11 Å². The molecular formula is C33H44N3O2+. The lowest BCUT2D eigenvalue weighted by Crippen LogP contribution is -2.30. The maximum absolute atomic E-state index is 10.9. The van der Waals surface area contributed by atoms with Crippen LogP contribution in [0, 0.1) is 0 Å². The molecule has 2 aromatic rings. The van der Waals surface area contributed by atoms with Gasteiger partial charge in [-0.2, -0.15) is 4.58 Å². The number of anilines is 1. The lowest BCUT2D eigenvalue weighted by atomic mass is 9.81. The summed E-state index contributed by atoms with van der Waals surface area (Å²) in [7, 11) is 0. The molecule has 0 amide bonds. The fourth-order valence-corrected chi connectivity index (χ4v) is 6.13. The summed E-state index contributed by atoms with van der Waals surface area (Å²) in [6.45, 7) is 16.3. The van der Waals surface area contributed by atoms with Crippen molar-refractivity contribution in [1.29, 1.82) is 0 Å². The summed E-state index contributed by atoms with van der Waals surface area (Å²) in [6, 6.07) is 17.5. The van der Waals surface area contributed by atoms with Gasteiger partial charge in [-0.3, -0.25) is 4.79 Å². The molecule has 0 aliphatic carbocycles. The summed E-state index contributed by atoms with van der Waals surface area (Å²) < 4.78 is 2.44. The van der Waals surface area contributed by atoms with E-state index < -0.39 is 5.97 Å². The van der Waals surface area contributed by atoms with Crippen molar-refractivity contribution in [2.24, 2.45) is 0 Å². The van der Waals surface area contributed by atoms with E-state index in [-0.39, 0.29) is 17.3 Å². The van der Waals surface area contributed by atoms with Gasteiger partial charge in [-0.05, 0) is 58.2 Å². The highest BCUT2D eigenvalue weighted by molar-refractivity contribution is 6.03. The third-order valence-corrected chi connectivity index (χ3v) is 8.21. The Morgan fingerprint density at radius 3 is 2.32 bits per heavy atom. The van der Waals surface area contributed by atoms with Crippen LogP contribution in [0.25, 0.3) is 0 Å². The van der Waals surface area contributed by atoms with E-state index in [1.54, 1.807) is 0 Å². The zero-order valence-electron chi connectivity index (χ0n) is 24.0. The fraction of sp³-hybridized carbons (Fsp3) is 0.455. The smallest absolute Gasteiger partial charge is 0.303 e. The molecule has 202 valence electrons. The SMILES string of the molecule is CCN1C(=CC(=CC2=[N+](CC)c3ccccc3C2(C)C)NCCCCCC(=O)O)C(C)(C)c2ccccc21. The van der Waals surface area contributed by atoms with Gasteiger partial charge in [0.05, 0.1) is 5.41 Å². The molecule has 2 aromatic carbocycles. The molecule has 0 bridgehead atoms. The second-order valence-electron chi connectivity index (χ2n) is 11.4. The van der Waals surface area contributed by atoms with Gasteiger partial charge in [-0.1, -0.05) is 56.7 Å². The Morgan fingerprint density at radius 2 is 1.63 bits per heavy atom. The van der Waals surface area contributed by atoms with Gasteiger partial charge in [0.2, 0.25) is 5.69 Å². The third-order valence-electron chi connectivity index (χ3n) is 8.21. The third kappa shape index (κ3) is 5.16. The van der Waals surface area contributed by atoms with Crippen LogP contribution in [0.2, 0.25) is 0 Å². The van der Waals surface area contributed by atoms with E-state index in [1.165, 1.54) is 33.9 Å². The van der Waals surface area contributed by atoms with Gasteiger partial charge in [0.15, 0.2) is 5.71 Å². The Labute approximate surface area is 228 Å². The number of allylic oxidation sites excluding steroid dienone is 3. The number of carbonyl (C=O) groups is 1. The second kappa shape index (κ2) is 11.2. The maximum atomic E-state index is 10.9. The Kier molecular flexibility index (Phi) is 8.15. The van der Waals surface area contributed by atoms with Crippen molar-refractivity contribution in [3.8, 4) is 0 Å². The van der Waals surface area contributed by atoms with E-state index in [2.05, 4.69) is 117 Å². The normalized spacial score (nSPS) is 18.6. The molecule has 0 saturated carbocycles. The van der Waals surface area contributed by atoms with Gasteiger partial charge in [-0.25, -0.2) is 0 Å². The molecule has 2 aliphatic rings. The number of unbranched alkanes of at least 4 members (excludes halogenated alkanes) is 2. The van der Waals surface area contributed by atoms with Crippen molar-refractivity contribution in [3.63, 3.8) is 0 Å². The van der Waals surface area contributed by atoms with Crippen molar-refractivity contribution in [2.75, 3.05) is 24.5 Å². The van der Waals surface area contributed by atoms with Crippen LogP contribution < -0.4 is 10.2 Å². The molecule has 0 unspecified atom stereocenters. The number of para-hydroxylation sites is 2. The number of hydrogen-bond donors (Lipinski definition) is 2. The van der Waals surface area contributed by atoms with Crippen LogP contribution in [0.5, 0.6) is 0 Å². The van der Waals surface area contributed by atoms with Crippen molar-refractivity contribution in [3.05, 3.63) is 83.2 Å². The Morgan fingerprint density at radius 1 is 0.947 bits per heavy atom. The molecule has 0 aromatic heterocycles. The molecule has 0 saturated heterocycles. The topological polar surface area (TPSA) is 55.6 Å². The van der Waals surface area contributed by atoms with E-state index in [0.717, 1.165) is 38.2 Å². The molecule has 2 aliphatic heterocycles. The predicted octanol–water partition coefficient (Wildman–Crippen LogP) is 6.90. The number of likely N-dealkylation sites (N-methyl/N-ethyl adjacent to an activating group) is 1. The monoisotopic (exact) mass is 514 g/mol. The number of nitrogens with one attached hydrogen (secondary N) is 1. The van der Waals surface area contributed by atoms with E-state index >= 15 is 0 Å². The largest absolute Gasteiger partial charge is 0.481 e. The zero-order chi connectivity index (χ0) is 27.5. The van der Waals surface area contributed by atoms with Gasteiger partial charge in [-0.15, -0.1) is 0 Å². The molecule has 0 spiro atoms. The van der Waals surface area contributed by atoms with Crippen molar-refractivity contribution in [1.82, 2.24) is 5.32 Å². The van der Waals surface area contributed by atoms with Crippen LogP contribution in [0.15, 0.2) is 72.1 Å². The number of rotatable bonds is 11. The van der Waals surface area contributed by atoms with E-state index in [0.29, 0.717) is 6.42 Å². The number of carboxylic acid groups (broad SMARTS) is 1. The summed E-state index contributed by atoms with van der Waals surface area (Å²) in [5.41, 5.74) is 8.76. The fourth-order valence-electron chi connectivity index (χ4n) is 6.13. The lowest BCUT2D eigenvalue weighted by Gasteiger charge is -2.27. The lowest BCUT2D eigenvalue weighted by molar-refractivity contribution is -0.433. The number of nitrogens with zero attached hydrogens (tertiary/aromatic N) is 2. The zero-order valence-corrected chi connectivity index (χ0v) is 24.0. The molecule has 4 rings (SSSR count). The molecule has 2 N–H and O–H groups in total. The van der Waals surface area contributed by atoms with Crippen LogP contribution in [0.1, 0.15) is 78.4 Å². The first-order chi connectivity index (χ1) is 18.1. The van der Waals surface area contributed by atoms with E-state index in [9.17, 15) is 4.79 Å². The van der Waals surface area contributed by atoms with Gasteiger partial charge in [0.25, 0.3) is 0 Å². The van der Waals surface area contributed by atoms with Crippen molar-refractivity contribution < 1.29 is 14.5 Å². The number of aliphatic carboxylic acids is 1. The minimum absolute atomic E-state index is 0.113. The minimum Gasteiger partial charge on any atom is -0.481 e. The average Bonchev–Trinajstić information content (AvgIpc) is 3.24. The van der Waals surface area contributed by atoms with Crippen LogP contribution in [0.4, 0.5) is 11.4 Å². The second-order valence-corrected chi connectivity index (χ2v) is 11.4. The minimum atomic E-state index is -0.718. The van der Waals surface area contributed by atoms with Gasteiger partial charge >= 0.3 is 5.97 Å². The predicted molar refractivity (Wildman–Crippen MR) is 158 cm³/mol. The van der Waals surface area contributed by atoms with Gasteiger partial charge in [0, 0.05) is 59.7 Å². The van der Waals surface area contributed by atoms with Crippen LogP contribution >= 0.6 is 0 Å². The Balaban J connectivity index is 1.74. The van der Waals surface area contributed by atoms with Gasteiger partial charge < -0.3 is 15.3 Å². The number of benzene rings is 2. The van der Waals surface area contributed by atoms with Crippen molar-refractivity contribution in [2.45, 2.75) is 78.1 Å². The molecule has 0 atom stereocenters. The molecule has 0 fully saturated rings. The van der Waals surface area contributed by atoms with E-state index in [1.807, 2.05) is 0 Å². The Hall–Kier alpha value is -3.34. The van der Waals surface area contributed by atoms with Crippen LogP contribution in [0.3, 0.4) is 0 Å². The number of hydrogen-bond acceptors (Lipinski definition) is 3. The highest BCUT2D eigenvalue weighted by Gasteiger charge is 2.44. The maximum Gasteiger partial charge on any atom is 0.303 e. The number of fused-ring (bicyclic) bond motifs is 2. The molecule has 2 heterocycles. The Bertz CT molecular complexity index is 1280. The summed E-state index contributed by atoms with van der Waals surface area (Å²) in [5.74, 6) is -0.718. The highest BCUT2D eigenvalue weighted by Crippen LogP contribution is 2.48. The van der Waals surface area contributed by atoms with Crippen molar-refractivity contribution >= 4 is 23.1 Å². The van der Waals surface area contributed by atoms with Gasteiger partial charge in [0.1, 0.15) is 6.54 Å².